The van der Waals surface area contributed by atoms with Crippen LogP contribution >= 0.6 is 11.8 Å². The van der Waals surface area contributed by atoms with Crippen LogP contribution in [0.1, 0.15) is 22.3 Å². The van der Waals surface area contributed by atoms with Gasteiger partial charge in [0.05, 0.1) is 5.56 Å². The van der Waals surface area contributed by atoms with Crippen molar-refractivity contribution in [2.24, 2.45) is 0 Å². The summed E-state index contributed by atoms with van der Waals surface area (Å²) >= 11 is 1.73. The molecule has 1 rings (SSSR count). The fourth-order valence-corrected chi connectivity index (χ4v) is 1.96. The monoisotopic (exact) mass is 282 g/mol. The number of aromatic carboxylic acids is 1. The molecule has 1 aromatic rings. The van der Waals surface area contributed by atoms with Crippen molar-refractivity contribution in [2.75, 3.05) is 23.9 Å². The lowest BCUT2D eigenvalue weighted by molar-refractivity contribution is 0.0696. The number of benzene rings is 1. The zero-order valence-corrected chi connectivity index (χ0v) is 11.8. The Hall–Kier alpha value is -1.69. The molecule has 0 bridgehead atoms. The van der Waals surface area contributed by atoms with Gasteiger partial charge in [-0.25, -0.2) is 9.59 Å². The molecule has 0 aromatic heterocycles. The number of hydrogen-bond donors (Lipinski definition) is 3. The molecule has 0 atom stereocenters. The molecule has 19 heavy (non-hydrogen) atoms. The Labute approximate surface area is 116 Å². The third-order valence-electron chi connectivity index (χ3n) is 2.54. The number of aryl methyl sites for hydroxylation is 1. The van der Waals surface area contributed by atoms with Gasteiger partial charge in [0, 0.05) is 12.2 Å². The van der Waals surface area contributed by atoms with E-state index in [4.69, 9.17) is 5.11 Å². The first-order valence-corrected chi connectivity index (χ1v) is 7.31. The predicted molar refractivity (Wildman–Crippen MR) is 78.2 cm³/mol. The minimum absolute atomic E-state index is 0.195. The molecule has 0 aliphatic heterocycles. The highest BCUT2D eigenvalue weighted by Crippen LogP contribution is 2.15. The van der Waals surface area contributed by atoms with Crippen LogP contribution in [0.25, 0.3) is 0 Å². The highest BCUT2D eigenvalue weighted by atomic mass is 32.2. The van der Waals surface area contributed by atoms with Crippen LogP contribution < -0.4 is 10.6 Å². The maximum absolute atomic E-state index is 11.6. The Morgan fingerprint density at radius 1 is 1.37 bits per heavy atom. The first-order valence-electron chi connectivity index (χ1n) is 5.92. The molecule has 1 aromatic carbocycles. The van der Waals surface area contributed by atoms with Crippen molar-refractivity contribution in [3.05, 3.63) is 29.3 Å². The third kappa shape index (κ3) is 5.21. The summed E-state index contributed by atoms with van der Waals surface area (Å²) in [5.41, 5.74) is 1.34. The fourth-order valence-electron chi connectivity index (χ4n) is 1.52. The van der Waals surface area contributed by atoms with Gasteiger partial charge in [-0.2, -0.15) is 11.8 Å². The molecule has 6 heteroatoms. The highest BCUT2D eigenvalue weighted by molar-refractivity contribution is 7.98. The van der Waals surface area contributed by atoms with Crippen LogP contribution in [0.2, 0.25) is 0 Å². The standard InChI is InChI=1S/C13H18N2O3S/c1-9-4-5-10(8-11(9)12(16)17)15-13(18)14-6-3-7-19-2/h4-5,8H,3,6-7H2,1-2H3,(H,16,17)(H2,14,15,18). The summed E-state index contributed by atoms with van der Waals surface area (Å²) in [6.45, 7) is 2.32. The summed E-state index contributed by atoms with van der Waals surface area (Å²) < 4.78 is 0. The van der Waals surface area contributed by atoms with Crippen molar-refractivity contribution in [1.29, 1.82) is 0 Å². The van der Waals surface area contributed by atoms with Gasteiger partial charge in [0.25, 0.3) is 0 Å². The molecule has 5 nitrogen and oxygen atoms in total. The van der Waals surface area contributed by atoms with E-state index in [1.54, 1.807) is 30.8 Å². The van der Waals surface area contributed by atoms with Gasteiger partial charge >= 0.3 is 12.0 Å². The average Bonchev–Trinajstić information content (AvgIpc) is 2.36. The number of carboxylic acid groups (broad SMARTS) is 1. The normalized spacial score (nSPS) is 10.0. The molecule has 0 saturated carbocycles. The number of anilines is 1. The van der Waals surface area contributed by atoms with Gasteiger partial charge in [0.2, 0.25) is 0 Å². The second kappa shape index (κ2) is 7.68. The smallest absolute Gasteiger partial charge is 0.336 e. The second-order valence-electron chi connectivity index (χ2n) is 4.06. The van der Waals surface area contributed by atoms with Gasteiger partial charge in [-0.1, -0.05) is 6.07 Å². The van der Waals surface area contributed by atoms with Crippen LogP contribution in [-0.2, 0) is 0 Å². The molecule has 0 unspecified atom stereocenters. The number of rotatable bonds is 6. The van der Waals surface area contributed by atoms with E-state index in [9.17, 15) is 9.59 Å². The molecule has 0 spiro atoms. The Balaban J connectivity index is 2.55. The first kappa shape index (κ1) is 15.4. The van der Waals surface area contributed by atoms with E-state index in [0.29, 0.717) is 17.8 Å². The average molecular weight is 282 g/mol. The summed E-state index contributed by atoms with van der Waals surface area (Å²) in [7, 11) is 0. The van der Waals surface area contributed by atoms with E-state index in [1.807, 2.05) is 6.26 Å². The van der Waals surface area contributed by atoms with Gasteiger partial charge in [0.1, 0.15) is 0 Å². The number of hydrogen-bond acceptors (Lipinski definition) is 3. The van der Waals surface area contributed by atoms with Crippen molar-refractivity contribution in [1.82, 2.24) is 5.32 Å². The predicted octanol–water partition coefficient (Wildman–Crippen LogP) is 2.57. The summed E-state index contributed by atoms with van der Waals surface area (Å²) in [5.74, 6) is -0.00456. The molecule has 0 heterocycles. The Morgan fingerprint density at radius 3 is 2.74 bits per heavy atom. The van der Waals surface area contributed by atoms with Crippen LogP contribution in [0.5, 0.6) is 0 Å². The third-order valence-corrected chi connectivity index (χ3v) is 3.23. The first-order chi connectivity index (χ1) is 9.04. The topological polar surface area (TPSA) is 78.4 Å². The zero-order chi connectivity index (χ0) is 14.3. The van der Waals surface area contributed by atoms with Gasteiger partial charge < -0.3 is 15.7 Å². The van der Waals surface area contributed by atoms with E-state index >= 15 is 0 Å². The van der Waals surface area contributed by atoms with E-state index < -0.39 is 5.97 Å². The number of amides is 2. The lowest BCUT2D eigenvalue weighted by atomic mass is 10.1. The maximum Gasteiger partial charge on any atom is 0.336 e. The van der Waals surface area contributed by atoms with Gasteiger partial charge in [-0.05, 0) is 43.0 Å². The van der Waals surface area contributed by atoms with Gasteiger partial charge in [-0.15, -0.1) is 0 Å². The Kier molecular flexibility index (Phi) is 6.21. The molecule has 2 amide bonds. The van der Waals surface area contributed by atoms with Crippen molar-refractivity contribution < 1.29 is 14.7 Å². The van der Waals surface area contributed by atoms with Crippen LogP contribution in [0, 0.1) is 6.92 Å². The number of urea groups is 1. The summed E-state index contributed by atoms with van der Waals surface area (Å²) in [5, 5.41) is 14.3. The molecule has 0 radical (unpaired) electrons. The molecule has 0 aliphatic carbocycles. The van der Waals surface area contributed by atoms with Crippen molar-refractivity contribution in [2.45, 2.75) is 13.3 Å². The second-order valence-corrected chi connectivity index (χ2v) is 5.05. The molecule has 0 saturated heterocycles. The van der Waals surface area contributed by atoms with E-state index in [1.165, 1.54) is 6.07 Å². The number of nitrogens with one attached hydrogen (secondary N) is 2. The van der Waals surface area contributed by atoms with E-state index in [2.05, 4.69) is 10.6 Å². The molecular weight excluding hydrogens is 264 g/mol. The molecular formula is C13H18N2O3S. The van der Waals surface area contributed by atoms with Crippen LogP contribution in [-0.4, -0.2) is 35.7 Å². The lowest BCUT2D eigenvalue weighted by Gasteiger charge is -2.09. The number of carbonyl (C=O) groups is 2. The van der Waals surface area contributed by atoms with Gasteiger partial charge in [0.15, 0.2) is 0 Å². The van der Waals surface area contributed by atoms with Gasteiger partial charge in [-0.3, -0.25) is 0 Å². The summed E-state index contributed by atoms with van der Waals surface area (Å²) in [6, 6.07) is 4.50. The SMILES string of the molecule is CSCCCNC(=O)Nc1ccc(C)c(C(=O)O)c1. The van der Waals surface area contributed by atoms with Crippen molar-refractivity contribution in [3.8, 4) is 0 Å². The fraction of sp³-hybridized carbons (Fsp3) is 0.385. The minimum atomic E-state index is -0.999. The van der Waals surface area contributed by atoms with E-state index in [-0.39, 0.29) is 11.6 Å². The summed E-state index contributed by atoms with van der Waals surface area (Å²) in [4.78, 5) is 22.5. The summed E-state index contributed by atoms with van der Waals surface area (Å²) in [6.07, 6.45) is 2.92. The molecule has 0 aliphatic rings. The highest BCUT2D eigenvalue weighted by Gasteiger charge is 2.09. The van der Waals surface area contributed by atoms with Crippen LogP contribution in [0.4, 0.5) is 10.5 Å². The van der Waals surface area contributed by atoms with Crippen molar-refractivity contribution in [3.63, 3.8) is 0 Å². The van der Waals surface area contributed by atoms with Crippen LogP contribution in [0.3, 0.4) is 0 Å². The number of carboxylic acids is 1. The Bertz CT molecular complexity index is 463. The maximum atomic E-state index is 11.6. The molecule has 104 valence electrons. The largest absolute Gasteiger partial charge is 0.478 e. The van der Waals surface area contributed by atoms with E-state index in [0.717, 1.165) is 12.2 Å². The number of carbonyl (C=O) groups excluding carboxylic acids is 1. The van der Waals surface area contributed by atoms with Crippen LogP contribution in [0.15, 0.2) is 18.2 Å². The quantitative estimate of drug-likeness (QED) is 0.701. The van der Waals surface area contributed by atoms with Crippen molar-refractivity contribution >= 4 is 29.4 Å². The minimum Gasteiger partial charge on any atom is -0.478 e. The molecule has 3 N–H and O–H groups in total. The zero-order valence-electron chi connectivity index (χ0n) is 11.0. The number of thioether (sulfide) groups is 1. The Morgan fingerprint density at radius 2 is 2.11 bits per heavy atom. The lowest BCUT2D eigenvalue weighted by Crippen LogP contribution is -2.29. The molecule has 0 fully saturated rings.